The van der Waals surface area contributed by atoms with Gasteiger partial charge in [-0.15, -0.1) is 0 Å². The molecule has 0 unspecified atom stereocenters. The summed E-state index contributed by atoms with van der Waals surface area (Å²) in [4.78, 5) is 15.5. The van der Waals surface area contributed by atoms with E-state index in [-0.39, 0.29) is 12.6 Å². The highest BCUT2D eigenvalue weighted by Crippen LogP contribution is 2.13. The van der Waals surface area contributed by atoms with Gasteiger partial charge in [-0.3, -0.25) is 0 Å². The van der Waals surface area contributed by atoms with Crippen molar-refractivity contribution in [3.63, 3.8) is 0 Å². The van der Waals surface area contributed by atoms with Gasteiger partial charge in [-0.05, 0) is 34.5 Å². The molecule has 0 aliphatic heterocycles. The van der Waals surface area contributed by atoms with Crippen LogP contribution in [-0.2, 0) is 9.47 Å². The Morgan fingerprint density at radius 1 is 1.44 bits per heavy atom. The number of ether oxygens (including phenoxy) is 2. The fourth-order valence-corrected chi connectivity index (χ4v) is 1.47. The minimum atomic E-state index is -0.389. The van der Waals surface area contributed by atoms with Crippen molar-refractivity contribution in [2.75, 3.05) is 19.8 Å². The third-order valence-electron chi connectivity index (χ3n) is 1.79. The summed E-state index contributed by atoms with van der Waals surface area (Å²) in [5.41, 5.74) is 0.429. The van der Waals surface area contributed by atoms with E-state index in [0.29, 0.717) is 23.4 Å². The summed E-state index contributed by atoms with van der Waals surface area (Å²) in [6, 6.07) is 3.35. The van der Waals surface area contributed by atoms with Gasteiger partial charge in [0, 0.05) is 12.8 Å². The lowest BCUT2D eigenvalue weighted by Crippen LogP contribution is -2.12. The summed E-state index contributed by atoms with van der Waals surface area (Å²) < 4.78 is 10.7. The summed E-state index contributed by atoms with van der Waals surface area (Å²) in [6.07, 6.45) is 2.56. The van der Waals surface area contributed by atoms with Gasteiger partial charge in [0.1, 0.15) is 11.2 Å². The second-order valence-corrected chi connectivity index (χ2v) is 3.84. The average molecular weight is 288 g/mol. The number of hydrogen-bond acceptors (Lipinski definition) is 4. The van der Waals surface area contributed by atoms with Crippen LogP contribution < -0.4 is 0 Å². The summed E-state index contributed by atoms with van der Waals surface area (Å²) in [6.45, 7) is 3.41. The van der Waals surface area contributed by atoms with E-state index in [0.717, 1.165) is 6.42 Å². The van der Waals surface area contributed by atoms with Crippen molar-refractivity contribution in [3.8, 4) is 0 Å². The lowest BCUT2D eigenvalue weighted by molar-refractivity contribution is 0.0317. The summed E-state index contributed by atoms with van der Waals surface area (Å²) >= 11 is 3.19. The predicted molar refractivity (Wildman–Crippen MR) is 63.3 cm³/mol. The molecule has 4 nitrogen and oxygen atoms in total. The van der Waals surface area contributed by atoms with Crippen LogP contribution in [0, 0.1) is 0 Å². The molecule has 0 aliphatic carbocycles. The molecule has 0 saturated carbocycles. The van der Waals surface area contributed by atoms with E-state index in [2.05, 4.69) is 20.9 Å². The van der Waals surface area contributed by atoms with Gasteiger partial charge in [0.05, 0.1) is 12.2 Å². The van der Waals surface area contributed by atoms with Crippen LogP contribution >= 0.6 is 15.9 Å². The van der Waals surface area contributed by atoms with E-state index in [1.165, 1.54) is 0 Å². The fourth-order valence-electron chi connectivity index (χ4n) is 1.06. The van der Waals surface area contributed by atoms with Gasteiger partial charge in [0.25, 0.3) is 0 Å². The van der Waals surface area contributed by atoms with E-state index >= 15 is 0 Å². The van der Waals surface area contributed by atoms with Crippen molar-refractivity contribution in [3.05, 3.63) is 28.5 Å². The molecule has 1 heterocycles. The largest absolute Gasteiger partial charge is 0.460 e. The Kier molecular flexibility index (Phi) is 6.03. The van der Waals surface area contributed by atoms with Gasteiger partial charge in [0.15, 0.2) is 0 Å². The Bertz CT molecular complexity index is 344. The van der Waals surface area contributed by atoms with Crippen LogP contribution in [0.25, 0.3) is 0 Å². The number of carbonyl (C=O) groups is 1. The molecule has 0 N–H and O–H groups in total. The highest BCUT2D eigenvalue weighted by molar-refractivity contribution is 9.10. The zero-order valence-electron chi connectivity index (χ0n) is 9.11. The van der Waals surface area contributed by atoms with E-state index in [9.17, 15) is 4.79 Å². The molecule has 0 saturated heterocycles. The van der Waals surface area contributed by atoms with E-state index in [4.69, 9.17) is 9.47 Å². The zero-order valence-corrected chi connectivity index (χ0v) is 10.7. The number of pyridine rings is 1. The van der Waals surface area contributed by atoms with Crippen molar-refractivity contribution in [1.29, 1.82) is 0 Å². The minimum absolute atomic E-state index is 0.264. The zero-order chi connectivity index (χ0) is 11.8. The molecule has 16 heavy (non-hydrogen) atoms. The van der Waals surface area contributed by atoms with E-state index in [1.54, 1.807) is 18.3 Å². The Morgan fingerprint density at radius 3 is 2.94 bits per heavy atom. The monoisotopic (exact) mass is 287 g/mol. The molecule has 1 rings (SSSR count). The lowest BCUT2D eigenvalue weighted by Gasteiger charge is -2.05. The minimum Gasteiger partial charge on any atom is -0.460 e. The second kappa shape index (κ2) is 7.35. The SMILES string of the molecule is CCCOCCOC(=O)c1cccnc1Br. The molecule has 0 bridgehead atoms. The normalized spacial score (nSPS) is 10.1. The number of aromatic nitrogens is 1. The summed E-state index contributed by atoms with van der Waals surface area (Å²) in [5, 5.41) is 0. The molecular formula is C11H14BrNO3. The van der Waals surface area contributed by atoms with Crippen molar-refractivity contribution in [2.24, 2.45) is 0 Å². The van der Waals surface area contributed by atoms with E-state index in [1.807, 2.05) is 6.92 Å². The van der Waals surface area contributed by atoms with Gasteiger partial charge in [-0.1, -0.05) is 6.92 Å². The first kappa shape index (κ1) is 13.1. The number of nitrogens with zero attached hydrogens (tertiary/aromatic N) is 1. The first-order valence-corrected chi connectivity index (χ1v) is 5.90. The Hall–Kier alpha value is -0.940. The van der Waals surface area contributed by atoms with Crippen LogP contribution in [-0.4, -0.2) is 30.8 Å². The quantitative estimate of drug-likeness (QED) is 0.458. The first-order chi connectivity index (χ1) is 7.75. The number of carbonyl (C=O) groups excluding carboxylic acids is 1. The third kappa shape index (κ3) is 4.28. The van der Waals surface area contributed by atoms with Gasteiger partial charge in [0.2, 0.25) is 0 Å². The van der Waals surface area contributed by atoms with Crippen molar-refractivity contribution < 1.29 is 14.3 Å². The van der Waals surface area contributed by atoms with Crippen molar-refractivity contribution >= 4 is 21.9 Å². The molecular weight excluding hydrogens is 274 g/mol. The van der Waals surface area contributed by atoms with Crippen LogP contribution in [0.15, 0.2) is 22.9 Å². The van der Waals surface area contributed by atoms with Crippen LogP contribution in [0.1, 0.15) is 23.7 Å². The summed E-state index contributed by atoms with van der Waals surface area (Å²) in [5.74, 6) is -0.389. The van der Waals surface area contributed by atoms with Crippen LogP contribution in [0.5, 0.6) is 0 Å². The maximum atomic E-state index is 11.6. The molecule has 0 radical (unpaired) electrons. The summed E-state index contributed by atoms with van der Waals surface area (Å²) in [7, 11) is 0. The average Bonchev–Trinajstić information content (AvgIpc) is 2.29. The van der Waals surface area contributed by atoms with Crippen molar-refractivity contribution in [1.82, 2.24) is 4.98 Å². The maximum absolute atomic E-state index is 11.6. The van der Waals surface area contributed by atoms with E-state index < -0.39 is 0 Å². The van der Waals surface area contributed by atoms with Gasteiger partial charge < -0.3 is 9.47 Å². The third-order valence-corrected chi connectivity index (χ3v) is 2.42. The Labute approximate surface area is 103 Å². The van der Waals surface area contributed by atoms with Gasteiger partial charge in [-0.2, -0.15) is 0 Å². The highest BCUT2D eigenvalue weighted by atomic mass is 79.9. The van der Waals surface area contributed by atoms with Gasteiger partial charge >= 0.3 is 5.97 Å². The number of hydrogen-bond donors (Lipinski definition) is 0. The molecule has 0 atom stereocenters. The molecule has 0 aliphatic rings. The Balaban J connectivity index is 2.33. The van der Waals surface area contributed by atoms with Crippen molar-refractivity contribution in [2.45, 2.75) is 13.3 Å². The highest BCUT2D eigenvalue weighted by Gasteiger charge is 2.11. The molecule has 5 heteroatoms. The van der Waals surface area contributed by atoms with Crippen LogP contribution in [0.4, 0.5) is 0 Å². The molecule has 0 spiro atoms. The standard InChI is InChI=1S/C11H14BrNO3/c1-2-6-15-7-8-16-11(14)9-4-3-5-13-10(9)12/h3-5H,2,6-8H2,1H3. The number of rotatable bonds is 6. The maximum Gasteiger partial charge on any atom is 0.340 e. The molecule has 88 valence electrons. The Morgan fingerprint density at radius 2 is 2.25 bits per heavy atom. The molecule has 0 fully saturated rings. The molecule has 1 aromatic rings. The second-order valence-electron chi connectivity index (χ2n) is 3.09. The molecule has 0 amide bonds. The van der Waals surface area contributed by atoms with Gasteiger partial charge in [-0.25, -0.2) is 9.78 Å². The first-order valence-electron chi connectivity index (χ1n) is 5.11. The fraction of sp³-hybridized carbons (Fsp3) is 0.455. The number of halogens is 1. The lowest BCUT2D eigenvalue weighted by atomic mass is 10.3. The number of esters is 1. The predicted octanol–water partition coefficient (Wildman–Crippen LogP) is 2.43. The smallest absolute Gasteiger partial charge is 0.340 e. The molecule has 0 aromatic carbocycles. The molecule has 1 aromatic heterocycles. The van der Waals surface area contributed by atoms with Crippen LogP contribution in [0.3, 0.4) is 0 Å². The van der Waals surface area contributed by atoms with Crippen LogP contribution in [0.2, 0.25) is 0 Å². The topological polar surface area (TPSA) is 48.4 Å².